The van der Waals surface area contributed by atoms with Gasteiger partial charge in [0.2, 0.25) is 15.8 Å². The van der Waals surface area contributed by atoms with Crippen molar-refractivity contribution >= 4 is 27.5 Å². The number of hydrogen-bond donors (Lipinski definition) is 0. The lowest BCUT2D eigenvalue weighted by atomic mass is 10.00. The molecule has 172 valence electrons. The topological polar surface area (TPSA) is 81.2 Å². The van der Waals surface area contributed by atoms with Crippen molar-refractivity contribution in [2.75, 3.05) is 18.0 Å². The molecule has 1 saturated heterocycles. The van der Waals surface area contributed by atoms with Gasteiger partial charge in [-0.1, -0.05) is 30.8 Å². The summed E-state index contributed by atoms with van der Waals surface area (Å²) in [4.78, 5) is 1.85. The van der Waals surface area contributed by atoms with Crippen molar-refractivity contribution in [3.8, 4) is 0 Å². The number of alkyl halides is 2. The van der Waals surface area contributed by atoms with Gasteiger partial charge in [0, 0.05) is 18.8 Å². The first kappa shape index (κ1) is 22.8. The van der Waals surface area contributed by atoms with E-state index in [1.54, 1.807) is 18.4 Å². The van der Waals surface area contributed by atoms with Crippen molar-refractivity contribution in [2.24, 2.45) is 5.92 Å². The van der Waals surface area contributed by atoms with Gasteiger partial charge in [0.25, 0.3) is 0 Å². The highest BCUT2D eigenvalue weighted by Crippen LogP contribution is 2.29. The number of benzene rings is 1. The number of halogens is 2. The summed E-state index contributed by atoms with van der Waals surface area (Å²) < 4.78 is 56.2. The van der Waals surface area contributed by atoms with E-state index in [-0.39, 0.29) is 4.90 Å². The zero-order valence-electron chi connectivity index (χ0n) is 17.5. The standard InChI is InChI=1S/C21H24F2N4O3S2/c1-15-8-10-26(11-9-15)20-24-25-21(27(20)13-17-3-2-12-30-17)31-14-16-4-6-18(7-5-16)32(28,29)19(22)23/h2-7,12,15,19H,8-11,13-14H2,1H3. The molecule has 1 aliphatic heterocycles. The molecule has 0 radical (unpaired) electrons. The van der Waals surface area contributed by atoms with Gasteiger partial charge in [-0.15, -0.1) is 10.2 Å². The maximum atomic E-state index is 12.7. The molecule has 0 spiro atoms. The second-order valence-corrected chi connectivity index (χ2v) is 10.7. The molecule has 0 aliphatic carbocycles. The number of nitrogens with zero attached hydrogens (tertiary/aromatic N) is 4. The quantitative estimate of drug-likeness (QED) is 0.439. The number of anilines is 1. The molecule has 7 nitrogen and oxygen atoms in total. The van der Waals surface area contributed by atoms with E-state index in [0.717, 1.165) is 43.2 Å². The summed E-state index contributed by atoms with van der Waals surface area (Å²) in [5.74, 6) is -0.658. The van der Waals surface area contributed by atoms with Crippen LogP contribution in [-0.2, 0) is 22.1 Å². The van der Waals surface area contributed by atoms with Crippen molar-refractivity contribution in [2.45, 2.75) is 47.9 Å². The van der Waals surface area contributed by atoms with Crippen LogP contribution in [-0.4, -0.2) is 42.0 Å². The number of sulfone groups is 1. The van der Waals surface area contributed by atoms with E-state index in [0.29, 0.717) is 23.4 Å². The molecule has 1 aromatic carbocycles. The first-order chi connectivity index (χ1) is 15.3. The van der Waals surface area contributed by atoms with Gasteiger partial charge in [0.15, 0.2) is 5.16 Å². The molecule has 0 amide bonds. The first-order valence-electron chi connectivity index (χ1n) is 10.3. The maximum Gasteiger partial charge on any atom is 0.341 e. The molecule has 2 aromatic heterocycles. The van der Waals surface area contributed by atoms with Crippen molar-refractivity contribution in [3.63, 3.8) is 0 Å². The van der Waals surface area contributed by atoms with Crippen LogP contribution in [0.25, 0.3) is 0 Å². The van der Waals surface area contributed by atoms with Crippen LogP contribution in [0.5, 0.6) is 0 Å². The Morgan fingerprint density at radius 1 is 1.16 bits per heavy atom. The van der Waals surface area contributed by atoms with Crippen LogP contribution in [0, 0.1) is 5.92 Å². The Kier molecular flexibility index (Phi) is 6.85. The third kappa shape index (κ3) is 4.98. The van der Waals surface area contributed by atoms with Crippen LogP contribution >= 0.6 is 11.8 Å². The highest BCUT2D eigenvalue weighted by Gasteiger charge is 2.26. The average molecular weight is 483 g/mol. The third-order valence-corrected chi connectivity index (χ3v) is 7.95. The first-order valence-corrected chi connectivity index (χ1v) is 12.8. The maximum absolute atomic E-state index is 12.7. The van der Waals surface area contributed by atoms with E-state index >= 15 is 0 Å². The highest BCUT2D eigenvalue weighted by atomic mass is 32.2. The molecule has 0 saturated carbocycles. The minimum Gasteiger partial charge on any atom is -0.467 e. The molecule has 0 N–H and O–H groups in total. The molecule has 11 heteroatoms. The normalized spacial score (nSPS) is 15.6. The highest BCUT2D eigenvalue weighted by molar-refractivity contribution is 7.98. The molecule has 3 aromatic rings. The van der Waals surface area contributed by atoms with Crippen LogP contribution in [0.2, 0.25) is 0 Å². The number of furan rings is 1. The van der Waals surface area contributed by atoms with E-state index in [9.17, 15) is 17.2 Å². The van der Waals surface area contributed by atoms with E-state index in [1.807, 2.05) is 16.7 Å². The molecule has 1 fully saturated rings. The van der Waals surface area contributed by atoms with Crippen LogP contribution in [0.3, 0.4) is 0 Å². The molecule has 4 rings (SSSR count). The van der Waals surface area contributed by atoms with Crippen molar-refractivity contribution in [3.05, 3.63) is 54.0 Å². The minimum absolute atomic E-state index is 0.385. The fourth-order valence-electron chi connectivity index (χ4n) is 3.55. The molecule has 0 atom stereocenters. The van der Waals surface area contributed by atoms with Crippen LogP contribution in [0.4, 0.5) is 14.7 Å². The molecule has 0 unspecified atom stereocenters. The van der Waals surface area contributed by atoms with Gasteiger partial charge in [-0.05, 0) is 48.6 Å². The zero-order valence-corrected chi connectivity index (χ0v) is 19.2. The molecule has 1 aliphatic rings. The largest absolute Gasteiger partial charge is 0.467 e. The third-order valence-electron chi connectivity index (χ3n) is 5.51. The summed E-state index contributed by atoms with van der Waals surface area (Å²) in [7, 11) is -4.59. The number of piperidine rings is 1. The number of rotatable bonds is 8. The summed E-state index contributed by atoms with van der Waals surface area (Å²) in [6.45, 7) is 4.59. The average Bonchev–Trinajstić information content (AvgIpc) is 3.44. The van der Waals surface area contributed by atoms with Crippen LogP contribution in [0.1, 0.15) is 31.1 Å². The number of hydrogen-bond acceptors (Lipinski definition) is 7. The molecule has 3 heterocycles. The Morgan fingerprint density at radius 3 is 2.50 bits per heavy atom. The molecule has 32 heavy (non-hydrogen) atoms. The minimum atomic E-state index is -4.59. The van der Waals surface area contributed by atoms with Crippen LogP contribution < -0.4 is 4.90 Å². The van der Waals surface area contributed by atoms with E-state index in [1.165, 1.54) is 23.9 Å². The molecule has 0 bridgehead atoms. The Balaban J connectivity index is 1.52. The monoisotopic (exact) mass is 482 g/mol. The second kappa shape index (κ2) is 9.62. The van der Waals surface area contributed by atoms with Crippen molar-refractivity contribution in [1.29, 1.82) is 0 Å². The molecular formula is C21H24F2N4O3S2. The molecular weight excluding hydrogens is 458 g/mol. The predicted octanol–water partition coefficient (Wildman–Crippen LogP) is 4.44. The summed E-state index contributed by atoms with van der Waals surface area (Å²) in [6.07, 6.45) is 3.83. The number of thioether (sulfide) groups is 1. The second-order valence-electron chi connectivity index (χ2n) is 7.86. The summed E-state index contributed by atoms with van der Waals surface area (Å²) in [6, 6.07) is 9.25. The van der Waals surface area contributed by atoms with Gasteiger partial charge >= 0.3 is 5.76 Å². The van der Waals surface area contributed by atoms with E-state index in [2.05, 4.69) is 22.0 Å². The fourth-order valence-corrected chi connectivity index (χ4v) is 5.16. The van der Waals surface area contributed by atoms with Crippen molar-refractivity contribution < 1.29 is 21.6 Å². The Bertz CT molecular complexity index is 1120. The predicted molar refractivity (Wildman–Crippen MR) is 118 cm³/mol. The lowest BCUT2D eigenvalue weighted by Crippen LogP contribution is -2.35. The lowest BCUT2D eigenvalue weighted by Gasteiger charge is -2.31. The Morgan fingerprint density at radius 2 is 1.88 bits per heavy atom. The summed E-state index contributed by atoms with van der Waals surface area (Å²) in [5.41, 5.74) is 0.795. The summed E-state index contributed by atoms with van der Waals surface area (Å²) >= 11 is 1.45. The Labute approximate surface area is 189 Å². The summed E-state index contributed by atoms with van der Waals surface area (Å²) in [5, 5.41) is 9.53. The van der Waals surface area contributed by atoms with Crippen molar-refractivity contribution in [1.82, 2.24) is 14.8 Å². The van der Waals surface area contributed by atoms with E-state index < -0.39 is 15.6 Å². The Hall–Kier alpha value is -2.40. The van der Waals surface area contributed by atoms with Gasteiger partial charge in [-0.2, -0.15) is 8.78 Å². The smallest absolute Gasteiger partial charge is 0.341 e. The van der Waals surface area contributed by atoms with Crippen LogP contribution in [0.15, 0.2) is 57.1 Å². The van der Waals surface area contributed by atoms with Gasteiger partial charge in [-0.25, -0.2) is 8.42 Å². The van der Waals surface area contributed by atoms with Gasteiger partial charge < -0.3 is 9.32 Å². The van der Waals surface area contributed by atoms with Gasteiger partial charge in [-0.3, -0.25) is 4.57 Å². The van der Waals surface area contributed by atoms with Gasteiger partial charge in [0.05, 0.1) is 17.7 Å². The van der Waals surface area contributed by atoms with E-state index in [4.69, 9.17) is 4.42 Å². The lowest BCUT2D eigenvalue weighted by molar-refractivity contribution is 0.234. The SMILES string of the molecule is CC1CCN(c2nnc(SCc3ccc(S(=O)(=O)C(F)F)cc3)n2Cc2ccco2)CC1. The zero-order chi connectivity index (χ0) is 22.7. The van der Waals surface area contributed by atoms with Gasteiger partial charge in [0.1, 0.15) is 5.76 Å². The number of aromatic nitrogens is 3. The fraction of sp³-hybridized carbons (Fsp3) is 0.429.